The number of ketones is 1. The minimum atomic E-state index is -0.766. The topological polar surface area (TPSA) is 83.4 Å². The average Bonchev–Trinajstić information content (AvgIpc) is 3.00. The number of Topliss-reactive ketones (excluding diaryl/α,β-unsaturated/α-hetero) is 1. The van der Waals surface area contributed by atoms with Crippen molar-refractivity contribution in [3.05, 3.63) is 94.5 Å². The summed E-state index contributed by atoms with van der Waals surface area (Å²) in [5.41, 5.74) is 1.68. The molecule has 1 amide bonds. The van der Waals surface area contributed by atoms with E-state index in [0.717, 1.165) is 4.47 Å². The second-order valence-corrected chi connectivity index (χ2v) is 7.08. The predicted octanol–water partition coefficient (Wildman–Crippen LogP) is 3.87. The summed E-state index contributed by atoms with van der Waals surface area (Å²) in [5, 5.41) is 10.9. The second kappa shape index (κ2) is 7.36. The normalized spacial score (nSPS) is 18.5. The lowest BCUT2D eigenvalue weighted by Crippen LogP contribution is -2.29. The molecule has 1 saturated heterocycles. The lowest BCUT2D eigenvalue weighted by molar-refractivity contribution is -0.132. The first-order chi connectivity index (χ1) is 13.6. The van der Waals surface area contributed by atoms with Gasteiger partial charge in [0.25, 0.3) is 11.7 Å². The third-order valence-corrected chi connectivity index (χ3v) is 5.05. The van der Waals surface area contributed by atoms with Crippen LogP contribution >= 0.6 is 15.9 Å². The lowest BCUT2D eigenvalue weighted by Gasteiger charge is -2.25. The van der Waals surface area contributed by atoms with E-state index in [4.69, 9.17) is 0 Å². The number of aliphatic hydroxyl groups is 1. The van der Waals surface area contributed by atoms with Gasteiger partial charge in [-0.15, -0.1) is 0 Å². The number of hydrogen-bond acceptors (Lipinski definition) is 5. The van der Waals surface area contributed by atoms with Crippen molar-refractivity contribution < 1.29 is 14.7 Å². The van der Waals surface area contributed by atoms with Crippen LogP contribution in [0.2, 0.25) is 0 Å². The first kappa shape index (κ1) is 18.1. The van der Waals surface area contributed by atoms with Gasteiger partial charge in [0.15, 0.2) is 0 Å². The number of carbonyl (C=O) groups excluding carboxylic acids is 2. The molecule has 4 rings (SSSR count). The van der Waals surface area contributed by atoms with Crippen LogP contribution in [0.3, 0.4) is 0 Å². The maximum Gasteiger partial charge on any atom is 0.300 e. The molecule has 1 N–H and O–H groups in total. The van der Waals surface area contributed by atoms with Crippen LogP contribution in [0.25, 0.3) is 5.76 Å². The van der Waals surface area contributed by atoms with Crippen molar-refractivity contribution in [1.29, 1.82) is 0 Å². The lowest BCUT2D eigenvalue weighted by atomic mass is 9.96. The molecule has 1 aromatic carbocycles. The zero-order valence-corrected chi connectivity index (χ0v) is 16.1. The molecule has 3 heterocycles. The molecule has 1 fully saturated rings. The summed E-state index contributed by atoms with van der Waals surface area (Å²) in [6, 6.07) is 12.9. The Bertz CT molecular complexity index is 1070. The molecule has 7 heteroatoms. The molecule has 0 bridgehead atoms. The van der Waals surface area contributed by atoms with Gasteiger partial charge >= 0.3 is 0 Å². The Morgan fingerprint density at radius 3 is 2.07 bits per heavy atom. The van der Waals surface area contributed by atoms with Gasteiger partial charge in [0.2, 0.25) is 0 Å². The van der Waals surface area contributed by atoms with Crippen molar-refractivity contribution in [2.75, 3.05) is 4.90 Å². The van der Waals surface area contributed by atoms with Crippen molar-refractivity contribution in [2.45, 2.75) is 6.04 Å². The number of hydrogen-bond donors (Lipinski definition) is 1. The number of benzene rings is 1. The quantitative estimate of drug-likeness (QED) is 0.383. The van der Waals surface area contributed by atoms with Crippen LogP contribution < -0.4 is 4.90 Å². The Labute approximate surface area is 169 Å². The summed E-state index contributed by atoms with van der Waals surface area (Å²) >= 11 is 3.37. The van der Waals surface area contributed by atoms with Gasteiger partial charge in [-0.2, -0.15) is 0 Å². The van der Waals surface area contributed by atoms with Gasteiger partial charge in [-0.05, 0) is 54.1 Å². The van der Waals surface area contributed by atoms with Crippen molar-refractivity contribution in [2.24, 2.45) is 0 Å². The van der Waals surface area contributed by atoms with E-state index in [1.165, 1.54) is 17.3 Å². The molecule has 2 aromatic heterocycles. The number of aliphatic hydroxyl groups excluding tert-OH is 1. The maximum absolute atomic E-state index is 12.9. The number of pyridine rings is 2. The molecule has 0 spiro atoms. The summed E-state index contributed by atoms with van der Waals surface area (Å²) < 4.78 is 0.852. The van der Waals surface area contributed by atoms with Gasteiger partial charge in [0, 0.05) is 40.5 Å². The summed E-state index contributed by atoms with van der Waals surface area (Å²) in [6.07, 6.45) is 6.20. The molecule has 1 atom stereocenters. The SMILES string of the molecule is O=C1C(=O)N(c2ccc(Br)cc2)C(c2ccncc2)/C1=C(/O)c1ccncc1. The molecule has 1 unspecified atom stereocenters. The fraction of sp³-hybridized carbons (Fsp3) is 0.0476. The minimum Gasteiger partial charge on any atom is -0.507 e. The van der Waals surface area contributed by atoms with E-state index in [1.54, 1.807) is 60.9 Å². The van der Waals surface area contributed by atoms with Gasteiger partial charge in [0.05, 0.1) is 11.6 Å². The average molecular weight is 436 g/mol. The summed E-state index contributed by atoms with van der Waals surface area (Å²) in [4.78, 5) is 35.2. The molecule has 3 aromatic rings. The smallest absolute Gasteiger partial charge is 0.300 e. The van der Waals surface area contributed by atoms with Crippen molar-refractivity contribution in [3.63, 3.8) is 0 Å². The maximum atomic E-state index is 12.9. The number of amides is 1. The molecular weight excluding hydrogens is 422 g/mol. The largest absolute Gasteiger partial charge is 0.507 e. The molecule has 0 aliphatic carbocycles. The summed E-state index contributed by atoms with van der Waals surface area (Å²) in [5.74, 6) is -1.67. The van der Waals surface area contributed by atoms with Crippen LogP contribution in [-0.2, 0) is 9.59 Å². The van der Waals surface area contributed by atoms with Gasteiger partial charge < -0.3 is 5.11 Å². The fourth-order valence-electron chi connectivity index (χ4n) is 3.23. The predicted molar refractivity (Wildman–Crippen MR) is 107 cm³/mol. The third kappa shape index (κ3) is 3.10. The van der Waals surface area contributed by atoms with Crippen molar-refractivity contribution in [1.82, 2.24) is 9.97 Å². The number of aromatic nitrogens is 2. The van der Waals surface area contributed by atoms with Gasteiger partial charge in [-0.25, -0.2) is 0 Å². The first-order valence-corrected chi connectivity index (χ1v) is 9.24. The van der Waals surface area contributed by atoms with Crippen LogP contribution in [0.15, 0.2) is 83.4 Å². The molecule has 28 heavy (non-hydrogen) atoms. The zero-order chi connectivity index (χ0) is 19.7. The van der Waals surface area contributed by atoms with E-state index in [0.29, 0.717) is 16.8 Å². The molecule has 1 aliphatic heterocycles. The Hall–Kier alpha value is -3.32. The number of nitrogens with zero attached hydrogens (tertiary/aromatic N) is 3. The Balaban J connectivity index is 1.94. The Morgan fingerprint density at radius 1 is 0.893 bits per heavy atom. The first-order valence-electron chi connectivity index (χ1n) is 8.45. The summed E-state index contributed by atoms with van der Waals surface area (Å²) in [7, 11) is 0. The molecular formula is C21H14BrN3O3. The van der Waals surface area contributed by atoms with E-state index < -0.39 is 17.7 Å². The molecule has 0 radical (unpaired) electrons. The van der Waals surface area contributed by atoms with Crippen LogP contribution in [0, 0.1) is 0 Å². The Kier molecular flexibility index (Phi) is 4.75. The van der Waals surface area contributed by atoms with E-state index in [2.05, 4.69) is 25.9 Å². The highest BCUT2D eigenvalue weighted by molar-refractivity contribution is 9.10. The van der Waals surface area contributed by atoms with Crippen LogP contribution in [0.4, 0.5) is 5.69 Å². The number of carbonyl (C=O) groups is 2. The number of halogens is 1. The summed E-state index contributed by atoms with van der Waals surface area (Å²) in [6.45, 7) is 0. The van der Waals surface area contributed by atoms with E-state index in [-0.39, 0.29) is 11.3 Å². The Morgan fingerprint density at radius 2 is 1.46 bits per heavy atom. The monoisotopic (exact) mass is 435 g/mol. The number of rotatable bonds is 3. The minimum absolute atomic E-state index is 0.0327. The van der Waals surface area contributed by atoms with E-state index in [9.17, 15) is 14.7 Å². The molecule has 0 saturated carbocycles. The molecule has 1 aliphatic rings. The molecule has 138 valence electrons. The van der Waals surface area contributed by atoms with Crippen LogP contribution in [0.1, 0.15) is 17.2 Å². The van der Waals surface area contributed by atoms with Crippen molar-refractivity contribution in [3.8, 4) is 0 Å². The fourth-order valence-corrected chi connectivity index (χ4v) is 3.49. The highest BCUT2D eigenvalue weighted by atomic mass is 79.9. The standard InChI is InChI=1S/C21H14BrN3O3/c22-15-1-3-16(4-2-15)25-18(13-5-9-23-10-6-13)17(20(27)21(25)28)19(26)14-7-11-24-12-8-14/h1-12,18,26H/b19-17-. The van der Waals surface area contributed by atoms with E-state index >= 15 is 0 Å². The van der Waals surface area contributed by atoms with E-state index in [1.807, 2.05) is 0 Å². The number of anilines is 1. The van der Waals surface area contributed by atoms with Gasteiger partial charge in [-0.1, -0.05) is 15.9 Å². The highest BCUT2D eigenvalue weighted by Crippen LogP contribution is 2.42. The van der Waals surface area contributed by atoms with Gasteiger partial charge in [-0.3, -0.25) is 24.5 Å². The van der Waals surface area contributed by atoms with Crippen LogP contribution in [-0.4, -0.2) is 26.8 Å². The van der Waals surface area contributed by atoms with Gasteiger partial charge in [0.1, 0.15) is 5.76 Å². The second-order valence-electron chi connectivity index (χ2n) is 6.16. The zero-order valence-electron chi connectivity index (χ0n) is 14.5. The molecule has 6 nitrogen and oxygen atoms in total. The van der Waals surface area contributed by atoms with Crippen LogP contribution in [0.5, 0.6) is 0 Å². The third-order valence-electron chi connectivity index (χ3n) is 4.52. The van der Waals surface area contributed by atoms with Crippen molar-refractivity contribution >= 4 is 39.1 Å². The highest BCUT2D eigenvalue weighted by Gasteiger charge is 2.46.